The zero-order valence-corrected chi connectivity index (χ0v) is 14.5. The van der Waals surface area contributed by atoms with Gasteiger partial charge in [0.15, 0.2) is 0 Å². The van der Waals surface area contributed by atoms with Crippen LogP contribution in [-0.2, 0) is 9.59 Å². The molecule has 1 fully saturated rings. The first-order valence-corrected chi connectivity index (χ1v) is 8.36. The molecule has 0 bridgehead atoms. The van der Waals surface area contributed by atoms with Crippen molar-refractivity contribution >= 4 is 35.3 Å². The molecule has 25 heavy (non-hydrogen) atoms. The van der Waals surface area contributed by atoms with E-state index >= 15 is 0 Å². The number of nitrogens with zero attached hydrogens (tertiary/aromatic N) is 2. The summed E-state index contributed by atoms with van der Waals surface area (Å²) in [6, 6.07) is 14.8. The molecule has 0 aliphatic carbocycles. The van der Waals surface area contributed by atoms with Gasteiger partial charge in [-0.1, -0.05) is 41.4 Å². The fourth-order valence-electron chi connectivity index (χ4n) is 2.67. The Labute approximate surface area is 151 Å². The van der Waals surface area contributed by atoms with Gasteiger partial charge >= 0.3 is 0 Å². The van der Waals surface area contributed by atoms with Crippen molar-refractivity contribution in [3.05, 3.63) is 64.7 Å². The molecule has 0 spiro atoms. The van der Waals surface area contributed by atoms with Crippen molar-refractivity contribution in [2.24, 2.45) is 11.0 Å². The fourth-order valence-corrected chi connectivity index (χ4v) is 2.79. The van der Waals surface area contributed by atoms with Gasteiger partial charge in [0.1, 0.15) is 0 Å². The molecule has 0 aromatic heterocycles. The van der Waals surface area contributed by atoms with Crippen LogP contribution in [0.3, 0.4) is 0 Å². The zero-order chi connectivity index (χ0) is 17.8. The van der Waals surface area contributed by atoms with Gasteiger partial charge in [0.2, 0.25) is 11.8 Å². The Morgan fingerprint density at radius 1 is 1.20 bits per heavy atom. The molecule has 1 aliphatic rings. The van der Waals surface area contributed by atoms with Gasteiger partial charge in [0.05, 0.1) is 12.1 Å². The third-order valence-electron chi connectivity index (χ3n) is 4.10. The summed E-state index contributed by atoms with van der Waals surface area (Å²) in [4.78, 5) is 26.0. The highest BCUT2D eigenvalue weighted by Gasteiger charge is 2.35. The van der Waals surface area contributed by atoms with Gasteiger partial charge in [-0.3, -0.25) is 9.59 Å². The molecular formula is C19H18ClN3O2. The van der Waals surface area contributed by atoms with Crippen LogP contribution in [0.2, 0.25) is 5.02 Å². The van der Waals surface area contributed by atoms with E-state index in [1.807, 2.05) is 31.2 Å². The number of aryl methyl sites for hydroxylation is 1. The van der Waals surface area contributed by atoms with Crippen LogP contribution in [-0.4, -0.2) is 24.6 Å². The first-order valence-electron chi connectivity index (χ1n) is 7.98. The first-order chi connectivity index (χ1) is 12.0. The van der Waals surface area contributed by atoms with E-state index in [2.05, 4.69) is 10.5 Å². The predicted molar refractivity (Wildman–Crippen MR) is 98.8 cm³/mol. The van der Waals surface area contributed by atoms with Crippen molar-refractivity contribution in [2.75, 3.05) is 11.4 Å². The molecule has 1 atom stereocenters. The van der Waals surface area contributed by atoms with Crippen LogP contribution in [0, 0.1) is 12.8 Å². The van der Waals surface area contributed by atoms with Gasteiger partial charge < -0.3 is 4.90 Å². The lowest BCUT2D eigenvalue weighted by Gasteiger charge is -2.16. The standard InChI is InChI=1S/C19H18ClN3O2/c1-13-2-4-14(5-3-13)11-21-22-19(25)15-10-18(24)23(12-15)17-8-6-16(20)7-9-17/h2-9,11,15H,10,12H2,1H3,(H,22,25)/b21-11-/t15-/m0/s1. The van der Waals surface area contributed by atoms with Crippen molar-refractivity contribution in [2.45, 2.75) is 13.3 Å². The van der Waals surface area contributed by atoms with Crippen molar-refractivity contribution in [3.63, 3.8) is 0 Å². The van der Waals surface area contributed by atoms with Gasteiger partial charge in [-0.2, -0.15) is 5.10 Å². The fraction of sp³-hybridized carbons (Fsp3) is 0.211. The SMILES string of the molecule is Cc1ccc(/C=N\NC(=O)[C@H]2CC(=O)N(c3ccc(Cl)cc3)C2)cc1. The maximum absolute atomic E-state index is 12.2. The summed E-state index contributed by atoms with van der Waals surface area (Å²) in [7, 11) is 0. The number of benzene rings is 2. The smallest absolute Gasteiger partial charge is 0.245 e. The highest BCUT2D eigenvalue weighted by atomic mass is 35.5. The van der Waals surface area contributed by atoms with Crippen LogP contribution in [0.1, 0.15) is 17.5 Å². The molecule has 1 N–H and O–H groups in total. The van der Waals surface area contributed by atoms with E-state index in [1.165, 1.54) is 0 Å². The van der Waals surface area contributed by atoms with Gasteiger partial charge in [-0.25, -0.2) is 5.43 Å². The number of hydrogen-bond acceptors (Lipinski definition) is 3. The van der Waals surface area contributed by atoms with E-state index in [9.17, 15) is 9.59 Å². The molecule has 1 saturated heterocycles. The van der Waals surface area contributed by atoms with Gasteiger partial charge in [-0.15, -0.1) is 0 Å². The van der Waals surface area contributed by atoms with E-state index in [0.29, 0.717) is 11.6 Å². The summed E-state index contributed by atoms with van der Waals surface area (Å²) in [5.74, 6) is -0.753. The maximum atomic E-state index is 12.2. The number of hydrogen-bond donors (Lipinski definition) is 1. The molecule has 1 heterocycles. The highest BCUT2D eigenvalue weighted by molar-refractivity contribution is 6.30. The average Bonchev–Trinajstić information content (AvgIpc) is 2.99. The Bertz CT molecular complexity index is 800. The molecule has 2 aromatic rings. The van der Waals surface area contributed by atoms with Crippen LogP contribution < -0.4 is 10.3 Å². The van der Waals surface area contributed by atoms with Crippen LogP contribution in [0.25, 0.3) is 0 Å². The second-order valence-corrected chi connectivity index (χ2v) is 6.46. The molecule has 6 heteroatoms. The number of nitrogens with one attached hydrogen (secondary N) is 1. The van der Waals surface area contributed by atoms with E-state index in [0.717, 1.165) is 16.8 Å². The van der Waals surface area contributed by atoms with Crippen molar-refractivity contribution in [3.8, 4) is 0 Å². The summed E-state index contributed by atoms with van der Waals surface area (Å²) in [5, 5.41) is 4.58. The number of anilines is 1. The lowest BCUT2D eigenvalue weighted by atomic mass is 10.1. The molecule has 3 rings (SSSR count). The van der Waals surface area contributed by atoms with Crippen LogP contribution in [0.4, 0.5) is 5.69 Å². The predicted octanol–water partition coefficient (Wildman–Crippen LogP) is 3.15. The summed E-state index contributed by atoms with van der Waals surface area (Å²) in [5.41, 5.74) is 5.32. The number of halogens is 1. The van der Waals surface area contributed by atoms with Crippen molar-refractivity contribution < 1.29 is 9.59 Å². The Balaban J connectivity index is 1.59. The number of carbonyl (C=O) groups excluding carboxylic acids is 2. The highest BCUT2D eigenvalue weighted by Crippen LogP contribution is 2.26. The summed E-state index contributed by atoms with van der Waals surface area (Å²) < 4.78 is 0. The Kier molecular flexibility index (Phi) is 5.14. The summed E-state index contributed by atoms with van der Waals surface area (Å²) >= 11 is 5.87. The van der Waals surface area contributed by atoms with Crippen LogP contribution in [0.5, 0.6) is 0 Å². The van der Waals surface area contributed by atoms with E-state index in [1.54, 1.807) is 35.4 Å². The second-order valence-electron chi connectivity index (χ2n) is 6.03. The molecule has 0 radical (unpaired) electrons. The third kappa shape index (κ3) is 4.25. The lowest BCUT2D eigenvalue weighted by Crippen LogP contribution is -2.30. The third-order valence-corrected chi connectivity index (χ3v) is 4.35. The Morgan fingerprint density at radius 3 is 2.56 bits per heavy atom. The molecule has 5 nitrogen and oxygen atoms in total. The summed E-state index contributed by atoms with van der Waals surface area (Å²) in [6.07, 6.45) is 1.76. The van der Waals surface area contributed by atoms with Crippen molar-refractivity contribution in [1.82, 2.24) is 5.43 Å². The van der Waals surface area contributed by atoms with Crippen LogP contribution in [0.15, 0.2) is 53.6 Å². The van der Waals surface area contributed by atoms with E-state index in [-0.39, 0.29) is 18.2 Å². The minimum absolute atomic E-state index is 0.0787. The normalized spacial score (nSPS) is 17.3. The van der Waals surface area contributed by atoms with Gasteiger partial charge in [0, 0.05) is 23.7 Å². The molecule has 0 saturated carbocycles. The van der Waals surface area contributed by atoms with Crippen molar-refractivity contribution in [1.29, 1.82) is 0 Å². The summed E-state index contributed by atoms with van der Waals surface area (Å²) in [6.45, 7) is 2.35. The quantitative estimate of drug-likeness (QED) is 0.676. The molecule has 1 aliphatic heterocycles. The second kappa shape index (κ2) is 7.49. The van der Waals surface area contributed by atoms with Gasteiger partial charge in [0.25, 0.3) is 0 Å². The minimum Gasteiger partial charge on any atom is -0.312 e. The zero-order valence-electron chi connectivity index (χ0n) is 13.8. The first kappa shape index (κ1) is 17.2. The Hall–Kier alpha value is -2.66. The minimum atomic E-state index is -0.418. The average molecular weight is 356 g/mol. The molecule has 128 valence electrons. The number of carbonyl (C=O) groups is 2. The largest absolute Gasteiger partial charge is 0.312 e. The monoisotopic (exact) mass is 355 g/mol. The maximum Gasteiger partial charge on any atom is 0.245 e. The molecule has 2 aromatic carbocycles. The molecule has 2 amide bonds. The molecular weight excluding hydrogens is 338 g/mol. The van der Waals surface area contributed by atoms with E-state index < -0.39 is 5.92 Å². The number of rotatable bonds is 4. The van der Waals surface area contributed by atoms with Crippen LogP contribution >= 0.6 is 11.6 Å². The van der Waals surface area contributed by atoms with Gasteiger partial charge in [-0.05, 0) is 36.8 Å². The number of hydrazone groups is 1. The number of amides is 2. The topological polar surface area (TPSA) is 61.8 Å². The molecule has 0 unspecified atom stereocenters. The lowest BCUT2D eigenvalue weighted by molar-refractivity contribution is -0.126. The van der Waals surface area contributed by atoms with E-state index in [4.69, 9.17) is 11.6 Å². The Morgan fingerprint density at radius 2 is 1.88 bits per heavy atom.